The first kappa shape index (κ1) is 11.5. The van der Waals surface area contributed by atoms with Crippen molar-refractivity contribution in [2.24, 2.45) is 11.8 Å². The fourth-order valence-electron chi connectivity index (χ4n) is 2.80. The van der Waals surface area contributed by atoms with Gasteiger partial charge in [0.2, 0.25) is 0 Å². The second kappa shape index (κ2) is 4.93. The van der Waals surface area contributed by atoms with Gasteiger partial charge in [-0.15, -0.1) is 0 Å². The molecule has 2 unspecified atom stereocenters. The number of carbonyl (C=O) groups excluding carboxylic acids is 1. The molecule has 3 heteroatoms. The van der Waals surface area contributed by atoms with Crippen molar-refractivity contribution in [2.75, 3.05) is 13.1 Å². The van der Waals surface area contributed by atoms with Gasteiger partial charge in [0.05, 0.1) is 0 Å². The quantitative estimate of drug-likeness (QED) is 0.776. The zero-order valence-electron chi connectivity index (χ0n) is 9.84. The standard InChI is InChI=1S/C14H17NOSe/c16-14-12-7-15(8-13(14)10-17-9-12)6-11-4-2-1-3-5-11/h1-5,12-13H,6-10H2. The molecule has 0 N–H and O–H groups in total. The van der Waals surface area contributed by atoms with E-state index in [-0.39, 0.29) is 0 Å². The van der Waals surface area contributed by atoms with Crippen LogP contribution in [0, 0.1) is 11.8 Å². The first-order valence-electron chi connectivity index (χ1n) is 6.20. The van der Waals surface area contributed by atoms with Crippen LogP contribution < -0.4 is 0 Å². The Labute approximate surface area is 109 Å². The summed E-state index contributed by atoms with van der Waals surface area (Å²) in [7, 11) is 0. The van der Waals surface area contributed by atoms with Crippen molar-refractivity contribution in [3.63, 3.8) is 0 Å². The number of Topliss-reactive ketones (excluding diaryl/α,β-unsaturated/α-hetero) is 1. The average molecular weight is 294 g/mol. The molecular weight excluding hydrogens is 277 g/mol. The molecule has 2 bridgehead atoms. The van der Waals surface area contributed by atoms with Gasteiger partial charge in [-0.25, -0.2) is 0 Å². The van der Waals surface area contributed by atoms with E-state index in [0.717, 1.165) is 34.6 Å². The van der Waals surface area contributed by atoms with E-state index in [0.29, 0.717) is 17.6 Å². The minimum absolute atomic E-state index is 0.353. The van der Waals surface area contributed by atoms with Gasteiger partial charge in [0.25, 0.3) is 0 Å². The van der Waals surface area contributed by atoms with Crippen LogP contribution >= 0.6 is 0 Å². The van der Waals surface area contributed by atoms with Crippen LogP contribution in [0.3, 0.4) is 0 Å². The Morgan fingerprint density at radius 2 is 1.76 bits per heavy atom. The molecule has 0 aliphatic carbocycles. The number of fused-ring (bicyclic) bond motifs is 2. The second-order valence-corrected chi connectivity index (χ2v) is 7.27. The fraction of sp³-hybridized carbons (Fsp3) is 0.500. The third-order valence-electron chi connectivity index (χ3n) is 3.65. The van der Waals surface area contributed by atoms with E-state index >= 15 is 0 Å². The topological polar surface area (TPSA) is 20.3 Å². The SMILES string of the molecule is O=C1C2C[Se]CC1CN(Cc1ccccc1)C2. The van der Waals surface area contributed by atoms with Crippen LogP contribution in [-0.2, 0) is 11.3 Å². The Hall–Kier alpha value is -0.631. The molecule has 0 aromatic heterocycles. The van der Waals surface area contributed by atoms with Crippen LogP contribution in [0.5, 0.6) is 0 Å². The third kappa shape index (κ3) is 2.47. The Kier molecular flexibility index (Phi) is 3.32. The van der Waals surface area contributed by atoms with Crippen molar-refractivity contribution < 1.29 is 4.79 Å². The molecule has 2 heterocycles. The minimum atomic E-state index is 0.353. The van der Waals surface area contributed by atoms with Crippen LogP contribution in [0.1, 0.15) is 5.56 Å². The molecule has 17 heavy (non-hydrogen) atoms. The monoisotopic (exact) mass is 295 g/mol. The van der Waals surface area contributed by atoms with Gasteiger partial charge in [-0.1, -0.05) is 0 Å². The summed E-state index contributed by atoms with van der Waals surface area (Å²) in [5.41, 5.74) is 1.37. The number of hydrogen-bond donors (Lipinski definition) is 0. The predicted octanol–water partition coefficient (Wildman–Crippen LogP) is 1.86. The normalized spacial score (nSPS) is 29.3. The number of likely N-dealkylation sites (tertiary alicyclic amines) is 1. The molecule has 2 fully saturated rings. The van der Waals surface area contributed by atoms with Crippen LogP contribution in [0.25, 0.3) is 0 Å². The van der Waals surface area contributed by atoms with Crippen LogP contribution in [0.4, 0.5) is 0 Å². The number of carbonyl (C=O) groups is 1. The van der Waals surface area contributed by atoms with E-state index in [2.05, 4.69) is 35.2 Å². The maximum atomic E-state index is 12.0. The molecule has 90 valence electrons. The Bertz CT molecular complexity index is 390. The summed E-state index contributed by atoms with van der Waals surface area (Å²) in [5, 5.41) is 2.35. The number of benzene rings is 1. The number of piperidine rings is 1. The molecule has 0 saturated carbocycles. The van der Waals surface area contributed by atoms with Gasteiger partial charge in [-0.3, -0.25) is 0 Å². The van der Waals surface area contributed by atoms with E-state index in [1.165, 1.54) is 16.2 Å². The zero-order chi connectivity index (χ0) is 11.7. The van der Waals surface area contributed by atoms with E-state index in [1.807, 2.05) is 0 Å². The summed E-state index contributed by atoms with van der Waals surface area (Å²) >= 11 is 0.724. The zero-order valence-corrected chi connectivity index (χ0v) is 11.6. The van der Waals surface area contributed by atoms with Gasteiger partial charge in [0.1, 0.15) is 0 Å². The van der Waals surface area contributed by atoms with Crippen molar-refractivity contribution in [3.8, 4) is 0 Å². The van der Waals surface area contributed by atoms with Gasteiger partial charge in [0.15, 0.2) is 0 Å². The molecule has 2 nitrogen and oxygen atoms in total. The van der Waals surface area contributed by atoms with Gasteiger partial charge < -0.3 is 0 Å². The molecule has 0 amide bonds. The van der Waals surface area contributed by atoms with Crippen molar-refractivity contribution in [1.29, 1.82) is 0 Å². The molecular formula is C14H17NOSe. The fourth-order valence-corrected chi connectivity index (χ4v) is 5.42. The summed E-state index contributed by atoms with van der Waals surface area (Å²) in [6.45, 7) is 2.99. The van der Waals surface area contributed by atoms with Crippen molar-refractivity contribution in [1.82, 2.24) is 4.90 Å². The molecule has 1 aromatic rings. The second-order valence-electron chi connectivity index (χ2n) is 5.01. The molecule has 2 atom stereocenters. The molecule has 0 spiro atoms. The number of ketones is 1. The number of rotatable bonds is 2. The van der Waals surface area contributed by atoms with Crippen molar-refractivity contribution in [2.45, 2.75) is 17.2 Å². The van der Waals surface area contributed by atoms with E-state index in [4.69, 9.17) is 0 Å². The van der Waals surface area contributed by atoms with E-state index in [1.54, 1.807) is 0 Å². The van der Waals surface area contributed by atoms with Gasteiger partial charge in [-0.05, 0) is 0 Å². The Morgan fingerprint density at radius 3 is 2.41 bits per heavy atom. The summed E-state index contributed by atoms with van der Waals surface area (Å²) in [6.07, 6.45) is 0. The Morgan fingerprint density at radius 1 is 1.12 bits per heavy atom. The molecule has 3 rings (SSSR count). The van der Waals surface area contributed by atoms with E-state index < -0.39 is 0 Å². The third-order valence-corrected chi connectivity index (χ3v) is 6.33. The summed E-state index contributed by atoms with van der Waals surface area (Å²) in [5.74, 6) is 1.26. The molecule has 2 saturated heterocycles. The number of hydrogen-bond acceptors (Lipinski definition) is 2. The molecule has 2 aliphatic heterocycles. The first-order valence-corrected chi connectivity index (χ1v) is 8.63. The molecule has 2 aliphatic rings. The van der Waals surface area contributed by atoms with E-state index in [9.17, 15) is 4.79 Å². The average Bonchev–Trinajstić information content (AvgIpc) is 2.32. The summed E-state index contributed by atoms with van der Waals surface area (Å²) in [6, 6.07) is 10.6. The predicted molar refractivity (Wildman–Crippen MR) is 69.1 cm³/mol. The first-order chi connectivity index (χ1) is 8.33. The summed E-state index contributed by atoms with van der Waals surface area (Å²) < 4.78 is 0. The van der Waals surface area contributed by atoms with Gasteiger partial charge in [0, 0.05) is 0 Å². The van der Waals surface area contributed by atoms with Gasteiger partial charge in [-0.2, -0.15) is 0 Å². The van der Waals surface area contributed by atoms with Crippen molar-refractivity contribution >= 4 is 20.7 Å². The van der Waals surface area contributed by atoms with Crippen molar-refractivity contribution in [3.05, 3.63) is 35.9 Å². The Balaban J connectivity index is 1.68. The molecule has 1 aromatic carbocycles. The maximum absolute atomic E-state index is 12.0. The van der Waals surface area contributed by atoms with Crippen LogP contribution in [0.15, 0.2) is 30.3 Å². The van der Waals surface area contributed by atoms with Crippen LogP contribution in [0.2, 0.25) is 10.6 Å². The molecule has 0 radical (unpaired) electrons. The number of nitrogens with zero attached hydrogens (tertiary/aromatic N) is 1. The summed E-state index contributed by atoms with van der Waals surface area (Å²) in [4.78, 5) is 14.5. The van der Waals surface area contributed by atoms with Crippen LogP contribution in [-0.4, -0.2) is 38.7 Å². The van der Waals surface area contributed by atoms with Gasteiger partial charge >= 0.3 is 108 Å².